The van der Waals surface area contributed by atoms with Crippen LogP contribution in [0.1, 0.15) is 29.5 Å². The first-order valence-electron chi connectivity index (χ1n) is 4.66. The fraction of sp³-hybridized carbons (Fsp3) is 0.364. The first kappa shape index (κ1) is 12.0. The third-order valence-corrected chi connectivity index (χ3v) is 2.75. The molecule has 2 atom stereocenters. The smallest absolute Gasteiger partial charge is 0.313 e. The summed E-state index contributed by atoms with van der Waals surface area (Å²) in [6.07, 6.45) is 0.659. The maximum Gasteiger partial charge on any atom is 0.313 e. The average molecular weight is 228 g/mol. The molecule has 0 saturated carbocycles. The van der Waals surface area contributed by atoms with Gasteiger partial charge in [-0.3, -0.25) is 4.79 Å². The van der Waals surface area contributed by atoms with E-state index in [0.29, 0.717) is 6.42 Å². The lowest BCUT2D eigenvalue weighted by molar-refractivity contribution is -0.142. The first-order chi connectivity index (χ1) is 6.74. The molecule has 1 aliphatic rings. The molecule has 0 radical (unpaired) electrons. The molecule has 0 spiro atoms. The minimum absolute atomic E-state index is 0. The van der Waals surface area contributed by atoms with Crippen LogP contribution in [0, 0.1) is 0 Å². The first-order valence-corrected chi connectivity index (χ1v) is 4.66. The lowest BCUT2D eigenvalue weighted by atomic mass is 10.0. The van der Waals surface area contributed by atoms with Gasteiger partial charge in [0.1, 0.15) is 0 Å². The molecular formula is C11H14ClNO2. The van der Waals surface area contributed by atoms with E-state index in [1.165, 1.54) is 7.11 Å². The number of methoxy groups -OCH3 is 1. The van der Waals surface area contributed by atoms with Crippen molar-refractivity contribution in [1.29, 1.82) is 0 Å². The van der Waals surface area contributed by atoms with E-state index in [0.717, 1.165) is 11.1 Å². The molecule has 82 valence electrons. The molecule has 0 saturated heterocycles. The summed E-state index contributed by atoms with van der Waals surface area (Å²) in [7, 11) is 1.41. The van der Waals surface area contributed by atoms with E-state index in [9.17, 15) is 4.79 Å². The van der Waals surface area contributed by atoms with Gasteiger partial charge in [-0.15, -0.1) is 12.4 Å². The monoisotopic (exact) mass is 227 g/mol. The Balaban J connectivity index is 0.00000112. The number of nitrogens with two attached hydrogens (primary N) is 1. The zero-order valence-electron chi connectivity index (χ0n) is 8.47. The molecule has 0 aliphatic heterocycles. The van der Waals surface area contributed by atoms with Crippen LogP contribution < -0.4 is 5.73 Å². The normalized spacial score (nSPS) is 22.8. The topological polar surface area (TPSA) is 52.3 Å². The van der Waals surface area contributed by atoms with E-state index < -0.39 is 0 Å². The largest absolute Gasteiger partial charge is 0.469 e. The third-order valence-electron chi connectivity index (χ3n) is 2.75. The van der Waals surface area contributed by atoms with Crippen LogP contribution in [0.15, 0.2) is 24.3 Å². The predicted molar refractivity (Wildman–Crippen MR) is 60.0 cm³/mol. The van der Waals surface area contributed by atoms with Gasteiger partial charge in [0.25, 0.3) is 0 Å². The quantitative estimate of drug-likeness (QED) is 0.744. The highest BCUT2D eigenvalue weighted by molar-refractivity contribution is 5.85. The van der Waals surface area contributed by atoms with Crippen molar-refractivity contribution in [1.82, 2.24) is 0 Å². The average Bonchev–Trinajstić information content (AvgIpc) is 2.56. The number of rotatable bonds is 1. The molecular weight excluding hydrogens is 214 g/mol. The molecule has 0 aromatic heterocycles. The maximum atomic E-state index is 11.4. The maximum absolute atomic E-state index is 11.4. The lowest BCUT2D eigenvalue weighted by Crippen LogP contribution is -2.12. The lowest BCUT2D eigenvalue weighted by Gasteiger charge is -2.07. The molecule has 0 unspecified atom stereocenters. The summed E-state index contributed by atoms with van der Waals surface area (Å²) in [5.74, 6) is -0.364. The van der Waals surface area contributed by atoms with Crippen molar-refractivity contribution in [3.63, 3.8) is 0 Å². The number of hydrogen-bond acceptors (Lipinski definition) is 3. The van der Waals surface area contributed by atoms with Gasteiger partial charge < -0.3 is 10.5 Å². The Morgan fingerprint density at radius 1 is 1.40 bits per heavy atom. The number of carbonyl (C=O) groups is 1. The number of carbonyl (C=O) groups excluding carboxylic acids is 1. The number of esters is 1. The molecule has 4 heteroatoms. The Labute approximate surface area is 95.0 Å². The van der Waals surface area contributed by atoms with Crippen molar-refractivity contribution in [2.45, 2.75) is 18.4 Å². The van der Waals surface area contributed by atoms with Crippen molar-refractivity contribution in [3.8, 4) is 0 Å². The molecule has 15 heavy (non-hydrogen) atoms. The molecule has 2 rings (SSSR count). The Morgan fingerprint density at radius 3 is 2.60 bits per heavy atom. The van der Waals surface area contributed by atoms with Crippen LogP contribution >= 0.6 is 12.4 Å². The van der Waals surface area contributed by atoms with Crippen LogP contribution in [0.2, 0.25) is 0 Å². The van der Waals surface area contributed by atoms with E-state index in [1.807, 2.05) is 24.3 Å². The van der Waals surface area contributed by atoms with Crippen LogP contribution in [-0.2, 0) is 9.53 Å². The Bertz CT molecular complexity index is 367. The van der Waals surface area contributed by atoms with E-state index in [-0.39, 0.29) is 30.3 Å². The highest BCUT2D eigenvalue weighted by Crippen LogP contribution is 2.39. The standard InChI is InChI=1S/C11H13NO2.ClH/c1-14-11(13)9-6-10(12)8-5-3-2-4-7(8)9;/h2-5,9-10H,6,12H2,1H3;1H/t9-,10+;/m0./s1. The summed E-state index contributed by atoms with van der Waals surface area (Å²) in [6.45, 7) is 0. The summed E-state index contributed by atoms with van der Waals surface area (Å²) >= 11 is 0. The fourth-order valence-electron chi connectivity index (χ4n) is 2.04. The van der Waals surface area contributed by atoms with Crippen molar-refractivity contribution in [3.05, 3.63) is 35.4 Å². The number of benzene rings is 1. The van der Waals surface area contributed by atoms with Crippen LogP contribution in [-0.4, -0.2) is 13.1 Å². The zero-order valence-corrected chi connectivity index (χ0v) is 9.29. The van der Waals surface area contributed by atoms with Crippen molar-refractivity contribution in [2.75, 3.05) is 7.11 Å². The Morgan fingerprint density at radius 2 is 2.00 bits per heavy atom. The summed E-state index contributed by atoms with van der Waals surface area (Å²) < 4.78 is 4.74. The summed E-state index contributed by atoms with van der Waals surface area (Å²) in [6, 6.07) is 7.76. The van der Waals surface area contributed by atoms with Crippen molar-refractivity contribution in [2.24, 2.45) is 5.73 Å². The van der Waals surface area contributed by atoms with Gasteiger partial charge in [0.2, 0.25) is 0 Å². The van der Waals surface area contributed by atoms with Gasteiger partial charge in [0, 0.05) is 6.04 Å². The van der Waals surface area contributed by atoms with E-state index in [4.69, 9.17) is 10.5 Å². The number of hydrogen-bond donors (Lipinski definition) is 1. The molecule has 1 aromatic carbocycles. The molecule has 1 aliphatic carbocycles. The van der Waals surface area contributed by atoms with E-state index in [2.05, 4.69) is 0 Å². The molecule has 0 bridgehead atoms. The van der Waals surface area contributed by atoms with Crippen LogP contribution in [0.25, 0.3) is 0 Å². The van der Waals surface area contributed by atoms with Crippen LogP contribution in [0.3, 0.4) is 0 Å². The van der Waals surface area contributed by atoms with E-state index >= 15 is 0 Å². The van der Waals surface area contributed by atoms with Gasteiger partial charge in [-0.1, -0.05) is 24.3 Å². The number of halogens is 1. The SMILES string of the molecule is COC(=O)[C@H]1C[C@@H](N)c2ccccc21.Cl. The minimum Gasteiger partial charge on any atom is -0.469 e. The second-order valence-corrected chi connectivity index (χ2v) is 3.55. The van der Waals surface area contributed by atoms with Crippen LogP contribution in [0.4, 0.5) is 0 Å². The van der Waals surface area contributed by atoms with Crippen molar-refractivity contribution < 1.29 is 9.53 Å². The van der Waals surface area contributed by atoms with Gasteiger partial charge in [-0.25, -0.2) is 0 Å². The highest BCUT2D eigenvalue weighted by atomic mass is 35.5. The Hall–Kier alpha value is -1.06. The summed E-state index contributed by atoms with van der Waals surface area (Å²) in [5, 5.41) is 0. The van der Waals surface area contributed by atoms with Gasteiger partial charge in [0.15, 0.2) is 0 Å². The molecule has 1 aromatic rings. The molecule has 0 fully saturated rings. The third kappa shape index (κ3) is 1.98. The Kier molecular flexibility index (Phi) is 3.72. The summed E-state index contributed by atoms with van der Waals surface area (Å²) in [4.78, 5) is 11.4. The van der Waals surface area contributed by atoms with E-state index in [1.54, 1.807) is 0 Å². The van der Waals surface area contributed by atoms with Crippen molar-refractivity contribution >= 4 is 18.4 Å². The second kappa shape index (κ2) is 4.64. The second-order valence-electron chi connectivity index (χ2n) is 3.55. The fourth-order valence-corrected chi connectivity index (χ4v) is 2.04. The summed E-state index contributed by atoms with van der Waals surface area (Å²) in [5.41, 5.74) is 8.01. The van der Waals surface area contributed by atoms with Gasteiger partial charge >= 0.3 is 5.97 Å². The molecule has 0 heterocycles. The molecule has 0 amide bonds. The zero-order chi connectivity index (χ0) is 10.1. The number of fused-ring (bicyclic) bond motifs is 1. The molecule has 2 N–H and O–H groups in total. The highest BCUT2D eigenvalue weighted by Gasteiger charge is 2.33. The van der Waals surface area contributed by atoms with Crippen LogP contribution in [0.5, 0.6) is 0 Å². The minimum atomic E-state index is -0.189. The van der Waals surface area contributed by atoms with Gasteiger partial charge in [-0.2, -0.15) is 0 Å². The van der Waals surface area contributed by atoms with Gasteiger partial charge in [-0.05, 0) is 17.5 Å². The number of ether oxygens (including phenoxy) is 1. The van der Waals surface area contributed by atoms with Gasteiger partial charge in [0.05, 0.1) is 13.0 Å². The predicted octanol–water partition coefficient (Wildman–Crippen LogP) is 1.77. The molecule has 3 nitrogen and oxygen atoms in total.